The van der Waals surface area contributed by atoms with Crippen molar-refractivity contribution in [2.75, 3.05) is 31.5 Å². The van der Waals surface area contributed by atoms with Gasteiger partial charge in [-0.2, -0.15) is 0 Å². The molecule has 0 saturated carbocycles. The van der Waals surface area contributed by atoms with Crippen molar-refractivity contribution < 1.29 is 14.0 Å². The summed E-state index contributed by atoms with van der Waals surface area (Å²) in [5, 5.41) is 4.17. The van der Waals surface area contributed by atoms with Crippen molar-refractivity contribution in [3.8, 4) is 10.6 Å². The van der Waals surface area contributed by atoms with Crippen molar-refractivity contribution in [1.82, 2.24) is 14.8 Å². The number of rotatable bonds is 3. The molecule has 1 aliphatic rings. The van der Waals surface area contributed by atoms with Gasteiger partial charge in [0.1, 0.15) is 15.7 Å². The van der Waals surface area contributed by atoms with Gasteiger partial charge in [0.2, 0.25) is 0 Å². The zero-order chi connectivity index (χ0) is 22.0. The van der Waals surface area contributed by atoms with E-state index in [0.29, 0.717) is 47.5 Å². The van der Waals surface area contributed by atoms with E-state index in [2.05, 4.69) is 10.3 Å². The predicted molar refractivity (Wildman–Crippen MR) is 120 cm³/mol. The first-order valence-corrected chi connectivity index (χ1v) is 10.9. The fraction of sp³-hybridized carbons (Fsp3) is 0.227. The molecular formula is C22H20ClFN4O2S. The average molecular weight is 459 g/mol. The first kappa shape index (κ1) is 21.3. The standard InChI is InChI=1S/C22H20ClFN4O2S/c1-14-19(31-20(25-14)15-2-4-16(23)5-3-15)21(29)27-10-12-28(13-11-27)22(30)26-18-8-6-17(24)7-9-18/h2-9H,10-13H2,1H3,(H,26,30). The minimum absolute atomic E-state index is 0.0752. The van der Waals surface area contributed by atoms with E-state index in [9.17, 15) is 14.0 Å². The van der Waals surface area contributed by atoms with E-state index in [1.807, 2.05) is 19.1 Å². The van der Waals surface area contributed by atoms with Crippen LogP contribution in [0.15, 0.2) is 48.5 Å². The van der Waals surface area contributed by atoms with Crippen molar-refractivity contribution in [1.29, 1.82) is 0 Å². The first-order valence-electron chi connectivity index (χ1n) is 9.75. The summed E-state index contributed by atoms with van der Waals surface area (Å²) in [4.78, 5) is 34.0. The second kappa shape index (κ2) is 9.03. The Morgan fingerprint density at radius 1 is 1.00 bits per heavy atom. The molecule has 1 aromatic heterocycles. The summed E-state index contributed by atoms with van der Waals surface area (Å²) < 4.78 is 13.0. The molecule has 0 unspecified atom stereocenters. The lowest BCUT2D eigenvalue weighted by atomic mass is 10.2. The minimum atomic E-state index is -0.359. The van der Waals surface area contributed by atoms with Gasteiger partial charge in [0.15, 0.2) is 0 Å². The van der Waals surface area contributed by atoms with Crippen LogP contribution in [-0.4, -0.2) is 52.9 Å². The lowest BCUT2D eigenvalue weighted by Crippen LogP contribution is -2.51. The number of halogens is 2. The van der Waals surface area contributed by atoms with E-state index in [1.54, 1.807) is 21.9 Å². The maximum absolute atomic E-state index is 13.0. The van der Waals surface area contributed by atoms with Gasteiger partial charge >= 0.3 is 6.03 Å². The van der Waals surface area contributed by atoms with Gasteiger partial charge in [-0.05, 0) is 43.3 Å². The second-order valence-corrected chi connectivity index (χ2v) is 8.59. The number of aromatic nitrogens is 1. The Bertz CT molecular complexity index is 1090. The monoisotopic (exact) mass is 458 g/mol. The molecule has 2 heterocycles. The highest BCUT2D eigenvalue weighted by Crippen LogP contribution is 2.30. The normalized spacial score (nSPS) is 13.9. The van der Waals surface area contributed by atoms with Crippen molar-refractivity contribution in [2.24, 2.45) is 0 Å². The fourth-order valence-corrected chi connectivity index (χ4v) is 4.47. The number of urea groups is 1. The van der Waals surface area contributed by atoms with Gasteiger partial charge in [-0.15, -0.1) is 11.3 Å². The molecule has 3 amide bonds. The average Bonchev–Trinajstić information content (AvgIpc) is 3.17. The third kappa shape index (κ3) is 4.86. The Kier molecular flexibility index (Phi) is 6.20. The quantitative estimate of drug-likeness (QED) is 0.607. The highest BCUT2D eigenvalue weighted by atomic mass is 35.5. The van der Waals surface area contributed by atoms with Crippen LogP contribution in [0.2, 0.25) is 5.02 Å². The zero-order valence-electron chi connectivity index (χ0n) is 16.8. The van der Waals surface area contributed by atoms with Crippen molar-refractivity contribution >= 4 is 40.6 Å². The van der Waals surface area contributed by atoms with Crippen molar-refractivity contribution in [3.63, 3.8) is 0 Å². The molecule has 31 heavy (non-hydrogen) atoms. The molecule has 9 heteroatoms. The molecule has 3 aromatic rings. The number of anilines is 1. The smallest absolute Gasteiger partial charge is 0.321 e. The first-order chi connectivity index (χ1) is 14.9. The number of thiazole rings is 1. The third-order valence-electron chi connectivity index (χ3n) is 5.03. The number of piperazine rings is 1. The molecule has 1 fully saturated rings. The Labute approximate surface area is 188 Å². The van der Waals surface area contributed by atoms with E-state index in [1.165, 1.54) is 35.6 Å². The molecule has 0 spiro atoms. The summed E-state index contributed by atoms with van der Waals surface area (Å²) in [5.41, 5.74) is 2.13. The molecule has 6 nitrogen and oxygen atoms in total. The van der Waals surface area contributed by atoms with Gasteiger partial charge in [-0.1, -0.05) is 23.7 Å². The maximum atomic E-state index is 13.0. The molecular weight excluding hydrogens is 439 g/mol. The van der Waals surface area contributed by atoms with Crippen LogP contribution in [0.4, 0.5) is 14.9 Å². The highest BCUT2D eigenvalue weighted by Gasteiger charge is 2.27. The van der Waals surface area contributed by atoms with Crippen LogP contribution < -0.4 is 5.32 Å². The Balaban J connectivity index is 1.37. The molecule has 4 rings (SSSR count). The summed E-state index contributed by atoms with van der Waals surface area (Å²) in [7, 11) is 0. The zero-order valence-corrected chi connectivity index (χ0v) is 18.3. The lowest BCUT2D eigenvalue weighted by molar-refractivity contribution is 0.0675. The number of benzene rings is 2. The molecule has 160 valence electrons. The highest BCUT2D eigenvalue weighted by molar-refractivity contribution is 7.17. The topological polar surface area (TPSA) is 65.5 Å². The molecule has 2 aromatic carbocycles. The number of hydrogen-bond acceptors (Lipinski definition) is 4. The van der Waals surface area contributed by atoms with Crippen LogP contribution in [0, 0.1) is 12.7 Å². The van der Waals surface area contributed by atoms with Gasteiger partial charge in [0.05, 0.1) is 5.69 Å². The number of amides is 3. The van der Waals surface area contributed by atoms with Crippen LogP contribution in [0.25, 0.3) is 10.6 Å². The number of nitrogens with zero attached hydrogens (tertiary/aromatic N) is 3. The summed E-state index contributed by atoms with van der Waals surface area (Å²) in [6.07, 6.45) is 0. The van der Waals surface area contributed by atoms with E-state index >= 15 is 0 Å². The van der Waals surface area contributed by atoms with Crippen molar-refractivity contribution in [2.45, 2.75) is 6.92 Å². The summed E-state index contributed by atoms with van der Waals surface area (Å²) in [5.74, 6) is -0.434. The SMILES string of the molecule is Cc1nc(-c2ccc(Cl)cc2)sc1C(=O)N1CCN(C(=O)Nc2ccc(F)cc2)CC1. The Morgan fingerprint density at radius 3 is 2.26 bits per heavy atom. The van der Waals surface area contributed by atoms with E-state index in [4.69, 9.17) is 11.6 Å². The number of carbonyl (C=O) groups is 2. The molecule has 0 aliphatic carbocycles. The number of aryl methyl sites for hydroxylation is 1. The molecule has 0 atom stereocenters. The van der Waals surface area contributed by atoms with E-state index in [-0.39, 0.29) is 17.8 Å². The number of carbonyl (C=O) groups excluding carboxylic acids is 2. The van der Waals surface area contributed by atoms with Gasteiger partial charge in [-0.25, -0.2) is 14.2 Å². The maximum Gasteiger partial charge on any atom is 0.321 e. The Hall–Kier alpha value is -2.97. The van der Waals surface area contributed by atoms with Gasteiger partial charge < -0.3 is 15.1 Å². The molecule has 1 N–H and O–H groups in total. The van der Waals surface area contributed by atoms with E-state index < -0.39 is 0 Å². The fourth-order valence-electron chi connectivity index (χ4n) is 3.30. The molecule has 0 radical (unpaired) electrons. The predicted octanol–water partition coefficient (Wildman–Crippen LogP) is 4.90. The number of nitrogens with one attached hydrogen (secondary N) is 1. The summed E-state index contributed by atoms with van der Waals surface area (Å²) in [6, 6.07) is 12.7. The Morgan fingerprint density at radius 2 is 1.61 bits per heavy atom. The summed E-state index contributed by atoms with van der Waals surface area (Å²) in [6.45, 7) is 3.53. The van der Waals surface area contributed by atoms with Gasteiger partial charge in [0.25, 0.3) is 5.91 Å². The van der Waals surface area contributed by atoms with Crippen LogP contribution in [0.3, 0.4) is 0 Å². The van der Waals surface area contributed by atoms with Crippen LogP contribution in [0.1, 0.15) is 15.4 Å². The van der Waals surface area contributed by atoms with Gasteiger partial charge in [0, 0.05) is 42.5 Å². The van der Waals surface area contributed by atoms with Gasteiger partial charge in [-0.3, -0.25) is 4.79 Å². The summed E-state index contributed by atoms with van der Waals surface area (Å²) >= 11 is 7.31. The molecule has 1 aliphatic heterocycles. The lowest BCUT2D eigenvalue weighted by Gasteiger charge is -2.34. The molecule has 1 saturated heterocycles. The van der Waals surface area contributed by atoms with E-state index in [0.717, 1.165) is 10.6 Å². The van der Waals surface area contributed by atoms with Crippen LogP contribution in [0.5, 0.6) is 0 Å². The minimum Gasteiger partial charge on any atom is -0.334 e. The van der Waals surface area contributed by atoms with Crippen LogP contribution >= 0.6 is 22.9 Å². The number of hydrogen-bond donors (Lipinski definition) is 1. The second-order valence-electron chi connectivity index (χ2n) is 7.16. The third-order valence-corrected chi connectivity index (χ3v) is 6.48. The van der Waals surface area contributed by atoms with Crippen LogP contribution in [-0.2, 0) is 0 Å². The van der Waals surface area contributed by atoms with Crippen molar-refractivity contribution in [3.05, 3.63) is 69.9 Å². The molecule has 0 bridgehead atoms. The largest absolute Gasteiger partial charge is 0.334 e.